The molecule has 36 heavy (non-hydrogen) atoms. The lowest BCUT2D eigenvalue weighted by molar-refractivity contribution is -0.113. The fourth-order valence-electron chi connectivity index (χ4n) is 3.96. The molecule has 0 unspecified atom stereocenters. The summed E-state index contributed by atoms with van der Waals surface area (Å²) in [6, 6.07) is 23.8. The van der Waals surface area contributed by atoms with E-state index in [0.717, 1.165) is 33.9 Å². The van der Waals surface area contributed by atoms with Crippen LogP contribution in [0.5, 0.6) is 0 Å². The number of aryl methyl sites for hydroxylation is 1. The zero-order valence-corrected chi connectivity index (χ0v) is 20.8. The first-order valence-corrected chi connectivity index (χ1v) is 12.5. The predicted molar refractivity (Wildman–Crippen MR) is 141 cm³/mol. The van der Waals surface area contributed by atoms with Crippen LogP contribution in [0, 0.1) is 13.8 Å². The van der Waals surface area contributed by atoms with Gasteiger partial charge in [0.25, 0.3) is 0 Å². The van der Waals surface area contributed by atoms with Crippen molar-refractivity contribution in [3.05, 3.63) is 102 Å². The van der Waals surface area contributed by atoms with E-state index in [2.05, 4.69) is 37.7 Å². The van der Waals surface area contributed by atoms with Crippen LogP contribution in [0.15, 0.2) is 90.3 Å². The van der Waals surface area contributed by atoms with E-state index in [1.54, 1.807) is 12.4 Å². The van der Waals surface area contributed by atoms with E-state index < -0.39 is 0 Å². The fraction of sp³-hybridized carbons (Fsp3) is 0.148. The summed E-state index contributed by atoms with van der Waals surface area (Å²) in [5.41, 5.74) is 5.31. The van der Waals surface area contributed by atoms with Crippen LogP contribution in [0.1, 0.15) is 17.0 Å². The molecular weight excluding hydrogens is 470 g/mol. The van der Waals surface area contributed by atoms with Crippen LogP contribution >= 0.6 is 11.8 Å². The quantitative estimate of drug-likeness (QED) is 0.307. The Morgan fingerprint density at radius 2 is 1.69 bits per heavy atom. The molecular formula is C27H25N7OS. The van der Waals surface area contributed by atoms with Gasteiger partial charge in [0.15, 0.2) is 11.0 Å². The number of para-hydroxylation sites is 1. The molecule has 0 aliphatic rings. The van der Waals surface area contributed by atoms with E-state index in [1.807, 2.05) is 83.8 Å². The maximum Gasteiger partial charge on any atom is 0.234 e. The number of nitrogens with one attached hydrogen (secondary N) is 1. The molecule has 8 nitrogen and oxygen atoms in total. The Labute approximate surface area is 213 Å². The van der Waals surface area contributed by atoms with Crippen molar-refractivity contribution in [2.24, 2.45) is 0 Å². The van der Waals surface area contributed by atoms with Crippen molar-refractivity contribution >= 4 is 23.4 Å². The lowest BCUT2D eigenvalue weighted by Gasteiger charge is -2.11. The van der Waals surface area contributed by atoms with Gasteiger partial charge in [0.05, 0.1) is 35.1 Å². The molecule has 0 bridgehead atoms. The number of rotatable bonds is 8. The second-order valence-corrected chi connectivity index (χ2v) is 9.19. The predicted octanol–water partition coefficient (Wildman–Crippen LogP) is 4.92. The van der Waals surface area contributed by atoms with Crippen LogP contribution in [0.4, 0.5) is 5.69 Å². The first-order chi connectivity index (χ1) is 17.6. The molecule has 180 valence electrons. The highest BCUT2D eigenvalue weighted by molar-refractivity contribution is 7.99. The number of nitrogens with zero attached hydrogens (tertiary/aromatic N) is 6. The summed E-state index contributed by atoms with van der Waals surface area (Å²) in [6.07, 6.45) is 3.49. The number of aromatic nitrogens is 6. The standard InChI is InChI=1S/C27H25N7OS/c1-19-25(20(2)34(32-19)23-13-7-4-8-14-23)29-24(35)18-36-27-31-30-26(22-12-9-15-28-16-22)33(27)17-21-10-5-3-6-11-21/h3-16H,17-18H2,1-2H3,(H,29,35). The molecule has 5 rings (SSSR count). The summed E-state index contributed by atoms with van der Waals surface area (Å²) in [4.78, 5) is 17.2. The maximum atomic E-state index is 12.9. The average molecular weight is 496 g/mol. The summed E-state index contributed by atoms with van der Waals surface area (Å²) >= 11 is 1.35. The minimum atomic E-state index is -0.129. The highest BCUT2D eigenvalue weighted by atomic mass is 32.2. The smallest absolute Gasteiger partial charge is 0.234 e. The molecule has 3 aromatic heterocycles. The number of amides is 1. The first-order valence-electron chi connectivity index (χ1n) is 11.5. The Morgan fingerprint density at radius 1 is 0.944 bits per heavy atom. The van der Waals surface area contributed by atoms with E-state index in [1.165, 1.54) is 11.8 Å². The van der Waals surface area contributed by atoms with Crippen molar-refractivity contribution in [2.45, 2.75) is 25.5 Å². The van der Waals surface area contributed by atoms with Crippen molar-refractivity contribution in [3.8, 4) is 17.1 Å². The van der Waals surface area contributed by atoms with Gasteiger partial charge in [-0.15, -0.1) is 10.2 Å². The largest absolute Gasteiger partial charge is 0.322 e. The fourth-order valence-corrected chi connectivity index (χ4v) is 4.70. The third-order valence-electron chi connectivity index (χ3n) is 5.71. The van der Waals surface area contributed by atoms with Gasteiger partial charge in [-0.2, -0.15) is 5.10 Å². The van der Waals surface area contributed by atoms with E-state index in [-0.39, 0.29) is 11.7 Å². The van der Waals surface area contributed by atoms with Gasteiger partial charge in [0, 0.05) is 18.0 Å². The molecule has 1 N–H and O–H groups in total. The molecule has 0 saturated heterocycles. The molecule has 0 fully saturated rings. The zero-order valence-electron chi connectivity index (χ0n) is 20.0. The lowest BCUT2D eigenvalue weighted by Crippen LogP contribution is -2.16. The van der Waals surface area contributed by atoms with Crippen LogP contribution in [0.2, 0.25) is 0 Å². The summed E-state index contributed by atoms with van der Waals surface area (Å²) in [5.74, 6) is 0.775. The van der Waals surface area contributed by atoms with E-state index in [9.17, 15) is 4.79 Å². The van der Waals surface area contributed by atoms with Crippen molar-refractivity contribution in [2.75, 3.05) is 11.1 Å². The topological polar surface area (TPSA) is 90.5 Å². The van der Waals surface area contributed by atoms with Gasteiger partial charge in [0.1, 0.15) is 0 Å². The third kappa shape index (κ3) is 5.06. The van der Waals surface area contributed by atoms with Gasteiger partial charge < -0.3 is 5.32 Å². The number of thioether (sulfide) groups is 1. The molecule has 3 heterocycles. The lowest BCUT2D eigenvalue weighted by atomic mass is 10.2. The second-order valence-electron chi connectivity index (χ2n) is 8.25. The van der Waals surface area contributed by atoms with E-state index >= 15 is 0 Å². The SMILES string of the molecule is Cc1nn(-c2ccccc2)c(C)c1NC(=O)CSc1nnc(-c2cccnc2)n1Cc1ccccc1. The molecule has 0 aliphatic heterocycles. The van der Waals surface area contributed by atoms with Crippen molar-refractivity contribution in [3.63, 3.8) is 0 Å². The van der Waals surface area contributed by atoms with Gasteiger partial charge in [-0.1, -0.05) is 60.3 Å². The number of hydrogen-bond donors (Lipinski definition) is 1. The number of carbonyl (C=O) groups excluding carboxylic acids is 1. The molecule has 0 aliphatic carbocycles. The normalized spacial score (nSPS) is 10.9. The molecule has 9 heteroatoms. The summed E-state index contributed by atoms with van der Waals surface area (Å²) in [7, 11) is 0. The van der Waals surface area contributed by atoms with Crippen molar-refractivity contribution in [1.29, 1.82) is 0 Å². The van der Waals surface area contributed by atoms with Crippen molar-refractivity contribution in [1.82, 2.24) is 29.5 Å². The van der Waals surface area contributed by atoms with Crippen molar-refractivity contribution < 1.29 is 4.79 Å². The third-order valence-corrected chi connectivity index (χ3v) is 6.68. The molecule has 0 saturated carbocycles. The number of benzene rings is 2. The second kappa shape index (κ2) is 10.6. The minimum Gasteiger partial charge on any atom is -0.322 e. The Balaban J connectivity index is 1.34. The zero-order chi connectivity index (χ0) is 24.9. The van der Waals surface area contributed by atoms with Crippen LogP contribution < -0.4 is 5.32 Å². The monoisotopic (exact) mass is 495 g/mol. The molecule has 1 amide bonds. The van der Waals surface area contributed by atoms with Crippen LogP contribution in [0.25, 0.3) is 17.1 Å². The van der Waals surface area contributed by atoms with E-state index in [4.69, 9.17) is 0 Å². The maximum absolute atomic E-state index is 12.9. The number of hydrogen-bond acceptors (Lipinski definition) is 6. The molecule has 0 spiro atoms. The molecule has 0 radical (unpaired) electrons. The van der Waals surface area contributed by atoms with E-state index in [0.29, 0.717) is 17.5 Å². The van der Waals surface area contributed by atoms with Gasteiger partial charge in [0.2, 0.25) is 5.91 Å². The van der Waals surface area contributed by atoms with Gasteiger partial charge in [-0.25, -0.2) is 4.68 Å². The Morgan fingerprint density at radius 3 is 2.42 bits per heavy atom. The van der Waals surface area contributed by atoms with Crippen LogP contribution in [-0.4, -0.2) is 41.2 Å². The number of carbonyl (C=O) groups is 1. The summed E-state index contributed by atoms with van der Waals surface area (Å²) in [6.45, 7) is 4.43. The average Bonchev–Trinajstić information content (AvgIpc) is 3.44. The van der Waals surface area contributed by atoms with Crippen LogP contribution in [0.3, 0.4) is 0 Å². The Bertz CT molecular complexity index is 1460. The number of anilines is 1. The first kappa shape index (κ1) is 23.5. The number of pyridine rings is 1. The van der Waals surface area contributed by atoms with Gasteiger partial charge in [-0.05, 0) is 43.7 Å². The summed E-state index contributed by atoms with van der Waals surface area (Å²) in [5, 5.41) is 17.1. The highest BCUT2D eigenvalue weighted by Gasteiger charge is 2.19. The van der Waals surface area contributed by atoms with Crippen LogP contribution in [-0.2, 0) is 11.3 Å². The van der Waals surface area contributed by atoms with Gasteiger partial charge in [-0.3, -0.25) is 14.3 Å². The molecule has 0 atom stereocenters. The highest BCUT2D eigenvalue weighted by Crippen LogP contribution is 2.26. The molecule has 5 aromatic rings. The summed E-state index contributed by atoms with van der Waals surface area (Å²) < 4.78 is 3.86. The molecule has 2 aromatic carbocycles. The Hall–Kier alpha value is -4.24. The Kier molecular flexibility index (Phi) is 6.90. The minimum absolute atomic E-state index is 0.129. The van der Waals surface area contributed by atoms with Gasteiger partial charge >= 0.3 is 0 Å².